The molecular formula is C21H22ClNO7. The largest absolute Gasteiger partial charge is 0.463 e. The maximum absolute atomic E-state index is 12.6. The Morgan fingerprint density at radius 3 is 2.37 bits per heavy atom. The molecule has 3 rings (SSSR count). The lowest BCUT2D eigenvalue weighted by Crippen LogP contribution is -2.65. The van der Waals surface area contributed by atoms with E-state index in [1.165, 1.54) is 19.1 Å². The monoisotopic (exact) mass is 435 g/mol. The molecule has 1 amide bonds. The minimum Gasteiger partial charge on any atom is -0.463 e. The molecule has 0 aromatic heterocycles. The molecule has 0 saturated carbocycles. The van der Waals surface area contributed by atoms with Crippen LogP contribution in [0.5, 0.6) is 5.75 Å². The van der Waals surface area contributed by atoms with Crippen LogP contribution in [0.3, 0.4) is 0 Å². The molecule has 1 aliphatic heterocycles. The lowest BCUT2D eigenvalue weighted by molar-refractivity contribution is -0.244. The predicted molar refractivity (Wildman–Crippen MR) is 107 cm³/mol. The number of halogens is 1. The third-order valence-electron chi connectivity index (χ3n) is 4.74. The molecule has 1 saturated heterocycles. The Balaban J connectivity index is 1.77. The van der Waals surface area contributed by atoms with E-state index >= 15 is 0 Å². The standard InChI is InChI=1S/C21H22ClNO7/c1-11(25)23-17-20(28)19(27)16(10-24)30-21(17)29-13-8-6-12(7-9-13)18(26)14-4-2-3-5-15(14)22/h2-9,16-17,19-21,24,27-28H,10H2,1H3,(H,23,25)/t16-,17-,19-,20-,21-/m1/s1. The molecule has 1 fully saturated rings. The van der Waals surface area contributed by atoms with Gasteiger partial charge in [0.05, 0.1) is 11.6 Å². The average molecular weight is 436 g/mol. The van der Waals surface area contributed by atoms with Crippen molar-refractivity contribution in [3.05, 3.63) is 64.7 Å². The maximum atomic E-state index is 12.6. The fourth-order valence-corrected chi connectivity index (χ4v) is 3.41. The highest BCUT2D eigenvalue weighted by Gasteiger charge is 2.46. The van der Waals surface area contributed by atoms with Crippen LogP contribution in [0.4, 0.5) is 0 Å². The minimum absolute atomic E-state index is 0.254. The lowest BCUT2D eigenvalue weighted by Gasteiger charge is -2.42. The van der Waals surface area contributed by atoms with Gasteiger partial charge in [-0.2, -0.15) is 0 Å². The molecule has 2 aromatic rings. The van der Waals surface area contributed by atoms with Crippen LogP contribution in [-0.2, 0) is 9.53 Å². The molecule has 160 valence electrons. The van der Waals surface area contributed by atoms with E-state index in [0.717, 1.165) is 0 Å². The number of carbonyl (C=O) groups is 2. The van der Waals surface area contributed by atoms with Gasteiger partial charge < -0.3 is 30.1 Å². The van der Waals surface area contributed by atoms with Crippen LogP contribution in [0.2, 0.25) is 5.02 Å². The van der Waals surface area contributed by atoms with Crippen LogP contribution < -0.4 is 10.1 Å². The molecule has 5 atom stereocenters. The summed E-state index contributed by atoms with van der Waals surface area (Å²) in [6.07, 6.45) is -5.07. The molecule has 0 aliphatic carbocycles. The van der Waals surface area contributed by atoms with Gasteiger partial charge in [0.25, 0.3) is 0 Å². The number of ketones is 1. The first-order valence-electron chi connectivity index (χ1n) is 9.27. The van der Waals surface area contributed by atoms with Gasteiger partial charge in [-0.05, 0) is 36.4 Å². The molecule has 9 heteroatoms. The van der Waals surface area contributed by atoms with Gasteiger partial charge in [0, 0.05) is 18.1 Å². The summed E-state index contributed by atoms with van der Waals surface area (Å²) < 4.78 is 11.2. The van der Waals surface area contributed by atoms with Crippen LogP contribution in [0.15, 0.2) is 48.5 Å². The van der Waals surface area contributed by atoms with Gasteiger partial charge in [-0.1, -0.05) is 23.7 Å². The molecule has 1 heterocycles. The first-order valence-corrected chi connectivity index (χ1v) is 9.65. The van der Waals surface area contributed by atoms with Crippen molar-refractivity contribution < 1.29 is 34.4 Å². The summed E-state index contributed by atoms with van der Waals surface area (Å²) in [5.41, 5.74) is 0.763. The number of rotatable bonds is 6. The second-order valence-electron chi connectivity index (χ2n) is 6.88. The Bertz CT molecular complexity index is 904. The zero-order valence-corrected chi connectivity index (χ0v) is 16.8. The molecule has 30 heavy (non-hydrogen) atoms. The van der Waals surface area contributed by atoms with Gasteiger partial charge in [0.1, 0.15) is 30.1 Å². The molecule has 4 N–H and O–H groups in total. The van der Waals surface area contributed by atoms with E-state index in [-0.39, 0.29) is 5.78 Å². The summed E-state index contributed by atoms with van der Waals surface area (Å²) in [5, 5.41) is 32.6. The van der Waals surface area contributed by atoms with Crippen molar-refractivity contribution in [1.29, 1.82) is 0 Å². The second-order valence-corrected chi connectivity index (χ2v) is 7.29. The maximum Gasteiger partial charge on any atom is 0.223 e. The number of carbonyl (C=O) groups excluding carboxylic acids is 2. The molecule has 0 unspecified atom stereocenters. The first-order chi connectivity index (χ1) is 14.3. The van der Waals surface area contributed by atoms with Crippen LogP contribution in [0, 0.1) is 0 Å². The Morgan fingerprint density at radius 2 is 1.77 bits per heavy atom. The van der Waals surface area contributed by atoms with Gasteiger partial charge in [0.15, 0.2) is 5.78 Å². The highest BCUT2D eigenvalue weighted by molar-refractivity contribution is 6.34. The highest BCUT2D eigenvalue weighted by atomic mass is 35.5. The van der Waals surface area contributed by atoms with Crippen molar-refractivity contribution >= 4 is 23.3 Å². The first kappa shape index (κ1) is 22.2. The molecular weight excluding hydrogens is 414 g/mol. The average Bonchev–Trinajstić information content (AvgIpc) is 2.73. The van der Waals surface area contributed by atoms with E-state index in [0.29, 0.717) is 21.9 Å². The van der Waals surface area contributed by atoms with E-state index in [1.807, 2.05) is 0 Å². The molecule has 0 spiro atoms. The predicted octanol–water partition coefficient (Wildman–Crippen LogP) is 0.893. The summed E-state index contributed by atoms with van der Waals surface area (Å²) in [6.45, 7) is 0.708. The Labute approximate surface area is 178 Å². The smallest absolute Gasteiger partial charge is 0.223 e. The van der Waals surface area contributed by atoms with E-state index in [1.54, 1.807) is 36.4 Å². The van der Waals surface area contributed by atoms with Crippen molar-refractivity contribution in [3.63, 3.8) is 0 Å². The second kappa shape index (κ2) is 9.55. The third kappa shape index (κ3) is 4.80. The zero-order chi connectivity index (χ0) is 21.8. The van der Waals surface area contributed by atoms with Crippen LogP contribution >= 0.6 is 11.6 Å². The van der Waals surface area contributed by atoms with Crippen molar-refractivity contribution in [2.75, 3.05) is 6.61 Å². The summed E-state index contributed by atoms with van der Waals surface area (Å²) in [6, 6.07) is 11.8. The number of nitrogens with one attached hydrogen (secondary N) is 1. The van der Waals surface area contributed by atoms with Crippen molar-refractivity contribution in [1.82, 2.24) is 5.32 Å². The zero-order valence-electron chi connectivity index (χ0n) is 16.1. The Hall–Kier alpha value is -2.49. The number of amides is 1. The lowest BCUT2D eigenvalue weighted by atomic mass is 9.97. The number of hydrogen-bond donors (Lipinski definition) is 4. The Morgan fingerprint density at radius 1 is 1.10 bits per heavy atom. The topological polar surface area (TPSA) is 125 Å². The van der Waals surface area contributed by atoms with Gasteiger partial charge in [-0.15, -0.1) is 0 Å². The van der Waals surface area contributed by atoms with Gasteiger partial charge in [0.2, 0.25) is 12.2 Å². The van der Waals surface area contributed by atoms with Crippen LogP contribution in [-0.4, -0.2) is 64.3 Å². The van der Waals surface area contributed by atoms with E-state index in [2.05, 4.69) is 5.32 Å². The van der Waals surface area contributed by atoms with E-state index in [4.69, 9.17) is 21.1 Å². The number of hydrogen-bond acceptors (Lipinski definition) is 7. The van der Waals surface area contributed by atoms with E-state index < -0.39 is 43.2 Å². The Kier molecular flexibility index (Phi) is 7.06. The van der Waals surface area contributed by atoms with Crippen molar-refractivity contribution in [2.24, 2.45) is 0 Å². The molecule has 0 radical (unpaired) electrons. The van der Waals surface area contributed by atoms with Gasteiger partial charge in [-0.3, -0.25) is 9.59 Å². The third-order valence-corrected chi connectivity index (χ3v) is 5.07. The number of aliphatic hydroxyl groups is 3. The number of aliphatic hydroxyl groups excluding tert-OH is 3. The quantitative estimate of drug-likeness (QED) is 0.496. The van der Waals surface area contributed by atoms with Crippen molar-refractivity contribution in [3.8, 4) is 5.75 Å². The SMILES string of the molecule is CC(=O)N[C@H]1[C@H](Oc2ccc(C(=O)c3ccccc3Cl)cc2)O[C@H](CO)[C@@H](O)[C@@H]1O. The van der Waals surface area contributed by atoms with Crippen molar-refractivity contribution in [2.45, 2.75) is 37.6 Å². The molecule has 0 bridgehead atoms. The molecule has 1 aliphatic rings. The number of benzene rings is 2. The summed E-state index contributed by atoms with van der Waals surface area (Å²) >= 11 is 6.08. The minimum atomic E-state index is -1.41. The van der Waals surface area contributed by atoms with Crippen LogP contribution in [0.25, 0.3) is 0 Å². The van der Waals surface area contributed by atoms with Gasteiger partial charge in [-0.25, -0.2) is 0 Å². The highest BCUT2D eigenvalue weighted by Crippen LogP contribution is 2.26. The van der Waals surface area contributed by atoms with E-state index in [9.17, 15) is 24.9 Å². The summed E-state index contributed by atoms with van der Waals surface area (Å²) in [5.74, 6) is -0.408. The summed E-state index contributed by atoms with van der Waals surface area (Å²) in [4.78, 5) is 24.1. The fraction of sp³-hybridized carbons (Fsp3) is 0.333. The molecule has 2 aromatic carbocycles. The summed E-state index contributed by atoms with van der Waals surface area (Å²) in [7, 11) is 0. The van der Waals surface area contributed by atoms with Crippen LogP contribution in [0.1, 0.15) is 22.8 Å². The molecule has 8 nitrogen and oxygen atoms in total. The van der Waals surface area contributed by atoms with Gasteiger partial charge >= 0.3 is 0 Å². The number of ether oxygens (including phenoxy) is 2. The normalized spacial score (nSPS) is 26.1. The fourth-order valence-electron chi connectivity index (χ4n) is 3.19.